The summed E-state index contributed by atoms with van der Waals surface area (Å²) in [6.07, 6.45) is 4.01. The second-order valence-corrected chi connectivity index (χ2v) is 6.95. The molecule has 3 aliphatic rings. The van der Waals surface area contributed by atoms with Gasteiger partial charge >= 0.3 is 0 Å². The van der Waals surface area contributed by atoms with E-state index < -0.39 is 12.6 Å². The highest BCUT2D eigenvalue weighted by atomic mass is 16.3. The van der Waals surface area contributed by atoms with Crippen molar-refractivity contribution in [3.63, 3.8) is 0 Å². The molecule has 0 bridgehead atoms. The SMILES string of the molecule is O=C1NCC2=C1[C@@H](c1ccccc1)N(C(=O)CO)[C@@H]1CCCC[C@H]1N2. The lowest BCUT2D eigenvalue weighted by Crippen LogP contribution is -2.54. The van der Waals surface area contributed by atoms with Crippen molar-refractivity contribution in [3.8, 4) is 0 Å². The molecular formula is C19H23N3O3. The molecule has 0 spiro atoms. The van der Waals surface area contributed by atoms with Crippen molar-refractivity contribution in [3.05, 3.63) is 47.2 Å². The lowest BCUT2D eigenvalue weighted by atomic mass is 9.87. The van der Waals surface area contributed by atoms with Gasteiger partial charge in [0, 0.05) is 11.7 Å². The number of aliphatic hydroxyl groups is 1. The lowest BCUT2D eigenvalue weighted by molar-refractivity contribution is -0.140. The Kier molecular flexibility index (Phi) is 4.21. The first-order valence-corrected chi connectivity index (χ1v) is 8.95. The molecule has 2 amide bonds. The molecule has 0 unspecified atom stereocenters. The number of hydrogen-bond donors (Lipinski definition) is 3. The van der Waals surface area contributed by atoms with Crippen LogP contribution in [0.15, 0.2) is 41.6 Å². The number of nitrogens with zero attached hydrogens (tertiary/aromatic N) is 1. The van der Waals surface area contributed by atoms with Gasteiger partial charge in [-0.05, 0) is 18.4 Å². The maximum atomic E-state index is 12.7. The summed E-state index contributed by atoms with van der Waals surface area (Å²) in [5.74, 6) is -0.452. The van der Waals surface area contributed by atoms with Gasteiger partial charge in [0.2, 0.25) is 5.91 Å². The quantitative estimate of drug-likeness (QED) is 0.745. The number of carbonyl (C=O) groups excluding carboxylic acids is 2. The zero-order chi connectivity index (χ0) is 17.4. The third kappa shape index (κ3) is 2.70. The molecule has 6 nitrogen and oxygen atoms in total. The molecule has 3 N–H and O–H groups in total. The highest BCUT2D eigenvalue weighted by Gasteiger charge is 2.45. The Morgan fingerprint density at radius 1 is 1.20 bits per heavy atom. The Bertz CT molecular complexity index is 716. The largest absolute Gasteiger partial charge is 0.387 e. The summed E-state index contributed by atoms with van der Waals surface area (Å²) in [6, 6.07) is 9.29. The number of hydrogen-bond acceptors (Lipinski definition) is 4. The van der Waals surface area contributed by atoms with Crippen LogP contribution in [0.5, 0.6) is 0 Å². The van der Waals surface area contributed by atoms with Gasteiger partial charge in [0.1, 0.15) is 6.61 Å². The van der Waals surface area contributed by atoms with Crippen LogP contribution in [-0.2, 0) is 9.59 Å². The Morgan fingerprint density at radius 2 is 1.96 bits per heavy atom. The Morgan fingerprint density at radius 3 is 2.72 bits per heavy atom. The first-order valence-electron chi connectivity index (χ1n) is 8.95. The molecule has 6 heteroatoms. The van der Waals surface area contributed by atoms with Crippen molar-refractivity contribution in [1.29, 1.82) is 0 Å². The number of rotatable bonds is 2. The van der Waals surface area contributed by atoms with Gasteiger partial charge in [0.15, 0.2) is 0 Å². The van der Waals surface area contributed by atoms with E-state index in [2.05, 4.69) is 10.6 Å². The summed E-state index contributed by atoms with van der Waals surface area (Å²) >= 11 is 0. The van der Waals surface area contributed by atoms with Crippen LogP contribution in [0, 0.1) is 0 Å². The first kappa shape index (κ1) is 16.1. The van der Waals surface area contributed by atoms with E-state index >= 15 is 0 Å². The minimum absolute atomic E-state index is 0.0167. The van der Waals surface area contributed by atoms with E-state index in [1.54, 1.807) is 4.90 Å². The van der Waals surface area contributed by atoms with Crippen LogP contribution in [0.3, 0.4) is 0 Å². The monoisotopic (exact) mass is 341 g/mol. The summed E-state index contributed by atoms with van der Waals surface area (Å²) in [4.78, 5) is 27.1. The standard InChI is InChI=1S/C19H23N3O3/c23-11-16(24)22-15-9-5-4-8-13(15)21-14-10-20-19(25)17(14)18(22)12-6-2-1-3-7-12/h1-3,6-7,13,15,18,21,23H,4-5,8-11H2,(H,20,25)/t13-,15-,18-/m1/s1. The Balaban J connectivity index is 1.88. The van der Waals surface area contributed by atoms with Gasteiger partial charge in [-0.1, -0.05) is 43.2 Å². The van der Waals surface area contributed by atoms with E-state index in [1.807, 2.05) is 30.3 Å². The van der Waals surface area contributed by atoms with Crippen molar-refractivity contribution in [1.82, 2.24) is 15.5 Å². The van der Waals surface area contributed by atoms with Crippen molar-refractivity contribution >= 4 is 11.8 Å². The second kappa shape index (κ2) is 6.52. The highest BCUT2D eigenvalue weighted by Crippen LogP contribution is 2.40. The fraction of sp³-hybridized carbons (Fsp3) is 0.474. The van der Waals surface area contributed by atoms with E-state index in [0.717, 1.165) is 36.9 Å². The predicted octanol–water partition coefficient (Wildman–Crippen LogP) is 0.847. The molecule has 0 saturated heterocycles. The lowest BCUT2D eigenvalue weighted by Gasteiger charge is -2.42. The van der Waals surface area contributed by atoms with Crippen molar-refractivity contribution in [2.75, 3.05) is 13.2 Å². The highest BCUT2D eigenvalue weighted by molar-refractivity contribution is 5.99. The number of carbonyl (C=O) groups is 2. The Labute approximate surface area is 146 Å². The fourth-order valence-corrected chi connectivity index (χ4v) is 4.45. The topological polar surface area (TPSA) is 81.7 Å². The summed E-state index contributed by atoms with van der Waals surface area (Å²) in [5.41, 5.74) is 2.41. The van der Waals surface area contributed by atoms with Gasteiger partial charge in [-0.25, -0.2) is 0 Å². The normalized spacial score (nSPS) is 28.6. The van der Waals surface area contributed by atoms with Gasteiger partial charge < -0.3 is 20.6 Å². The predicted molar refractivity (Wildman–Crippen MR) is 92.3 cm³/mol. The second-order valence-electron chi connectivity index (χ2n) is 6.95. The zero-order valence-electron chi connectivity index (χ0n) is 14.1. The van der Waals surface area contributed by atoms with E-state index in [9.17, 15) is 14.7 Å². The maximum absolute atomic E-state index is 12.7. The van der Waals surface area contributed by atoms with Crippen LogP contribution < -0.4 is 10.6 Å². The van der Waals surface area contributed by atoms with Crippen LogP contribution in [0.4, 0.5) is 0 Å². The molecule has 4 rings (SSSR count). The van der Waals surface area contributed by atoms with E-state index in [-0.39, 0.29) is 23.9 Å². The number of nitrogens with one attached hydrogen (secondary N) is 2. The van der Waals surface area contributed by atoms with Crippen molar-refractivity contribution < 1.29 is 14.7 Å². The summed E-state index contributed by atoms with van der Waals surface area (Å²) in [7, 11) is 0. The van der Waals surface area contributed by atoms with Crippen LogP contribution in [0.1, 0.15) is 37.3 Å². The molecule has 0 aromatic heterocycles. The molecule has 0 radical (unpaired) electrons. The first-order chi connectivity index (χ1) is 12.2. The Hall–Kier alpha value is -2.34. The molecule has 2 aliphatic heterocycles. The molecule has 1 aliphatic carbocycles. The molecule has 132 valence electrons. The smallest absolute Gasteiger partial charge is 0.251 e. The van der Waals surface area contributed by atoms with Gasteiger partial charge in [-0.3, -0.25) is 9.59 Å². The molecule has 1 fully saturated rings. The van der Waals surface area contributed by atoms with E-state index in [0.29, 0.717) is 12.1 Å². The summed E-state index contributed by atoms with van der Waals surface area (Å²) in [5, 5.41) is 16.0. The fourth-order valence-electron chi connectivity index (χ4n) is 4.45. The number of benzene rings is 1. The van der Waals surface area contributed by atoms with Crippen molar-refractivity contribution in [2.45, 2.75) is 43.8 Å². The molecule has 1 aromatic rings. The molecule has 1 saturated carbocycles. The van der Waals surface area contributed by atoms with Crippen LogP contribution in [-0.4, -0.2) is 47.1 Å². The molecule has 1 aromatic carbocycles. The minimum atomic E-state index is -0.545. The van der Waals surface area contributed by atoms with Gasteiger partial charge in [-0.2, -0.15) is 0 Å². The number of amides is 2. The zero-order valence-corrected chi connectivity index (χ0v) is 14.1. The van der Waals surface area contributed by atoms with Crippen LogP contribution in [0.2, 0.25) is 0 Å². The number of aliphatic hydroxyl groups excluding tert-OH is 1. The third-order valence-electron chi connectivity index (χ3n) is 5.53. The van der Waals surface area contributed by atoms with E-state index in [1.165, 1.54) is 0 Å². The van der Waals surface area contributed by atoms with E-state index in [4.69, 9.17) is 0 Å². The molecular weight excluding hydrogens is 318 g/mol. The number of fused-ring (bicyclic) bond motifs is 1. The molecule has 25 heavy (non-hydrogen) atoms. The minimum Gasteiger partial charge on any atom is -0.387 e. The van der Waals surface area contributed by atoms with Crippen LogP contribution >= 0.6 is 0 Å². The van der Waals surface area contributed by atoms with Crippen LogP contribution in [0.25, 0.3) is 0 Å². The maximum Gasteiger partial charge on any atom is 0.251 e. The summed E-state index contributed by atoms with van der Waals surface area (Å²) in [6.45, 7) is -0.0708. The van der Waals surface area contributed by atoms with Gasteiger partial charge in [0.05, 0.1) is 24.2 Å². The van der Waals surface area contributed by atoms with Gasteiger partial charge in [0.25, 0.3) is 5.91 Å². The average molecular weight is 341 g/mol. The third-order valence-corrected chi connectivity index (χ3v) is 5.53. The summed E-state index contributed by atoms with van der Waals surface area (Å²) < 4.78 is 0. The average Bonchev–Trinajstić information content (AvgIpc) is 2.93. The van der Waals surface area contributed by atoms with Crippen molar-refractivity contribution in [2.24, 2.45) is 0 Å². The molecule has 2 heterocycles. The van der Waals surface area contributed by atoms with Gasteiger partial charge in [-0.15, -0.1) is 0 Å². The molecule has 3 atom stereocenters.